The van der Waals surface area contributed by atoms with Crippen molar-refractivity contribution in [3.8, 4) is 11.5 Å². The highest BCUT2D eigenvalue weighted by Crippen LogP contribution is 2.42. The number of fused-ring (bicyclic) bond motifs is 1. The van der Waals surface area contributed by atoms with Gasteiger partial charge in [-0.25, -0.2) is 4.98 Å². The molecule has 0 amide bonds. The van der Waals surface area contributed by atoms with Gasteiger partial charge in [-0.15, -0.1) is 0 Å². The number of benzene rings is 1. The molecular weight excluding hydrogens is 266 g/mol. The molecule has 6 heteroatoms. The predicted octanol–water partition coefficient (Wildman–Crippen LogP) is 2.75. The third-order valence-corrected chi connectivity index (χ3v) is 3.23. The van der Waals surface area contributed by atoms with Crippen LogP contribution < -0.4 is 20.7 Å². The summed E-state index contributed by atoms with van der Waals surface area (Å²) in [6.07, 6.45) is 0.790. The van der Waals surface area contributed by atoms with Crippen molar-refractivity contribution in [1.82, 2.24) is 4.98 Å². The first-order valence-electron chi connectivity index (χ1n) is 5.86. The number of halogens is 1. The number of hydrogen-bond acceptors (Lipinski definition) is 5. The van der Waals surface area contributed by atoms with E-state index in [1.165, 1.54) is 0 Å². The molecule has 2 aromatic rings. The molecule has 0 aliphatic rings. The summed E-state index contributed by atoms with van der Waals surface area (Å²) >= 11 is 6.19. The monoisotopic (exact) mass is 281 g/mol. The Morgan fingerprint density at radius 1 is 1.32 bits per heavy atom. The van der Waals surface area contributed by atoms with Crippen molar-refractivity contribution in [1.29, 1.82) is 0 Å². The summed E-state index contributed by atoms with van der Waals surface area (Å²) in [5, 5.41) is 1.17. The van der Waals surface area contributed by atoms with Crippen LogP contribution in [0, 0.1) is 0 Å². The molecule has 0 atom stereocenters. The van der Waals surface area contributed by atoms with E-state index >= 15 is 0 Å². The van der Waals surface area contributed by atoms with Crippen molar-refractivity contribution in [3.05, 3.63) is 22.8 Å². The number of nitrogen functional groups attached to an aromatic ring is 1. The van der Waals surface area contributed by atoms with Gasteiger partial charge in [0.25, 0.3) is 0 Å². The summed E-state index contributed by atoms with van der Waals surface area (Å²) in [5.74, 6) is 6.71. The Morgan fingerprint density at radius 3 is 2.58 bits per heavy atom. The number of rotatable bonds is 4. The lowest BCUT2D eigenvalue weighted by Crippen LogP contribution is -2.09. The van der Waals surface area contributed by atoms with Crippen molar-refractivity contribution in [2.24, 2.45) is 5.84 Å². The van der Waals surface area contributed by atoms with Crippen LogP contribution in [0.15, 0.2) is 12.1 Å². The zero-order valence-corrected chi connectivity index (χ0v) is 11.8. The maximum Gasteiger partial charge on any atom is 0.149 e. The van der Waals surface area contributed by atoms with Crippen LogP contribution in [-0.4, -0.2) is 19.2 Å². The van der Waals surface area contributed by atoms with E-state index in [4.69, 9.17) is 26.9 Å². The molecule has 1 heterocycles. The quantitative estimate of drug-likeness (QED) is 0.666. The smallest absolute Gasteiger partial charge is 0.149 e. The minimum atomic E-state index is 0.453. The molecule has 0 fully saturated rings. The fraction of sp³-hybridized carbons (Fsp3) is 0.308. The Labute approximate surface area is 116 Å². The standard InChI is InChI=1S/C13H16ClN3O2/c1-4-7-5-9(17-15)11-12(16-7)10(18-2)6-8(14)13(11)19-3/h5-6H,4,15H2,1-3H3,(H,16,17). The van der Waals surface area contributed by atoms with Crippen LogP contribution in [0.5, 0.6) is 11.5 Å². The van der Waals surface area contributed by atoms with Gasteiger partial charge in [0.15, 0.2) is 0 Å². The van der Waals surface area contributed by atoms with Crippen LogP contribution >= 0.6 is 11.6 Å². The molecular formula is C13H16ClN3O2. The lowest BCUT2D eigenvalue weighted by Gasteiger charge is -2.15. The second-order valence-corrected chi connectivity index (χ2v) is 4.38. The first-order valence-corrected chi connectivity index (χ1v) is 6.24. The zero-order chi connectivity index (χ0) is 14.0. The molecule has 1 aromatic heterocycles. The Bertz CT molecular complexity index is 617. The average Bonchev–Trinajstić information content (AvgIpc) is 2.45. The second kappa shape index (κ2) is 5.50. The van der Waals surface area contributed by atoms with E-state index in [1.54, 1.807) is 20.3 Å². The van der Waals surface area contributed by atoms with Crippen molar-refractivity contribution in [2.45, 2.75) is 13.3 Å². The molecule has 0 saturated heterocycles. The highest BCUT2D eigenvalue weighted by atomic mass is 35.5. The Kier molecular flexibility index (Phi) is 3.97. The minimum Gasteiger partial charge on any atom is -0.494 e. The van der Waals surface area contributed by atoms with Gasteiger partial charge in [-0.05, 0) is 12.5 Å². The number of nitrogens with zero attached hydrogens (tertiary/aromatic N) is 1. The van der Waals surface area contributed by atoms with Gasteiger partial charge in [-0.3, -0.25) is 5.84 Å². The molecule has 0 spiro atoms. The van der Waals surface area contributed by atoms with Gasteiger partial charge in [0.2, 0.25) is 0 Å². The van der Waals surface area contributed by atoms with Gasteiger partial charge in [0.1, 0.15) is 17.0 Å². The molecule has 0 radical (unpaired) electrons. The number of aromatic nitrogens is 1. The van der Waals surface area contributed by atoms with E-state index in [0.717, 1.165) is 12.1 Å². The largest absolute Gasteiger partial charge is 0.494 e. The van der Waals surface area contributed by atoms with Gasteiger partial charge < -0.3 is 14.9 Å². The molecule has 0 aliphatic carbocycles. The summed E-state index contributed by atoms with van der Waals surface area (Å²) in [4.78, 5) is 4.56. The highest BCUT2D eigenvalue weighted by molar-refractivity contribution is 6.34. The molecule has 1 aromatic carbocycles. The van der Waals surface area contributed by atoms with Crippen LogP contribution in [-0.2, 0) is 6.42 Å². The number of anilines is 1. The number of nitrogens with two attached hydrogens (primary N) is 1. The summed E-state index contributed by atoms with van der Waals surface area (Å²) in [5.41, 5.74) is 4.95. The fourth-order valence-electron chi connectivity index (χ4n) is 2.02. The van der Waals surface area contributed by atoms with E-state index in [-0.39, 0.29) is 0 Å². The normalized spacial score (nSPS) is 10.6. The van der Waals surface area contributed by atoms with E-state index in [9.17, 15) is 0 Å². The van der Waals surface area contributed by atoms with Crippen LogP contribution in [0.2, 0.25) is 5.02 Å². The van der Waals surface area contributed by atoms with Crippen LogP contribution in [0.4, 0.5) is 5.69 Å². The summed E-state index contributed by atoms with van der Waals surface area (Å²) < 4.78 is 10.7. The van der Waals surface area contributed by atoms with E-state index in [1.807, 2.05) is 13.0 Å². The maximum atomic E-state index is 6.19. The van der Waals surface area contributed by atoms with Crippen LogP contribution in [0.3, 0.4) is 0 Å². The van der Waals surface area contributed by atoms with Gasteiger partial charge in [-0.2, -0.15) is 0 Å². The molecule has 2 rings (SSSR count). The first-order chi connectivity index (χ1) is 9.15. The van der Waals surface area contributed by atoms with Crippen molar-refractivity contribution >= 4 is 28.2 Å². The SMILES string of the molecule is CCc1cc(NN)c2c(OC)c(Cl)cc(OC)c2n1. The average molecular weight is 282 g/mol. The number of hydrogen-bond donors (Lipinski definition) is 2. The molecule has 3 N–H and O–H groups in total. The van der Waals surface area contributed by atoms with Gasteiger partial charge in [-0.1, -0.05) is 18.5 Å². The number of methoxy groups -OCH3 is 2. The number of nitrogens with one attached hydrogen (secondary N) is 1. The van der Waals surface area contributed by atoms with Crippen LogP contribution in [0.25, 0.3) is 10.9 Å². The number of ether oxygens (including phenoxy) is 2. The lowest BCUT2D eigenvalue weighted by molar-refractivity contribution is 0.410. The second-order valence-electron chi connectivity index (χ2n) is 3.98. The molecule has 5 nitrogen and oxygen atoms in total. The Hall–Kier alpha value is -1.72. The van der Waals surface area contributed by atoms with Crippen molar-refractivity contribution < 1.29 is 9.47 Å². The topological polar surface area (TPSA) is 69.4 Å². The fourth-order valence-corrected chi connectivity index (χ4v) is 2.30. The molecule has 0 saturated carbocycles. The van der Waals surface area contributed by atoms with Crippen molar-refractivity contribution in [2.75, 3.05) is 19.6 Å². The number of hydrazine groups is 1. The highest BCUT2D eigenvalue weighted by Gasteiger charge is 2.17. The zero-order valence-electron chi connectivity index (χ0n) is 11.1. The predicted molar refractivity (Wildman–Crippen MR) is 77.0 cm³/mol. The third kappa shape index (κ3) is 2.27. The van der Waals surface area contributed by atoms with Gasteiger partial charge in [0.05, 0.1) is 30.3 Å². The lowest BCUT2D eigenvalue weighted by atomic mass is 10.1. The summed E-state index contributed by atoms with van der Waals surface area (Å²) in [6, 6.07) is 3.57. The molecule has 0 bridgehead atoms. The number of pyridine rings is 1. The van der Waals surface area contributed by atoms with Crippen LogP contribution in [0.1, 0.15) is 12.6 Å². The summed E-state index contributed by atoms with van der Waals surface area (Å²) in [6.45, 7) is 2.02. The third-order valence-electron chi connectivity index (χ3n) is 2.95. The van der Waals surface area contributed by atoms with E-state index in [0.29, 0.717) is 33.1 Å². The Morgan fingerprint density at radius 2 is 2.05 bits per heavy atom. The molecule has 0 aliphatic heterocycles. The first kappa shape index (κ1) is 13.7. The molecule has 19 heavy (non-hydrogen) atoms. The maximum absolute atomic E-state index is 6.19. The van der Waals surface area contributed by atoms with E-state index < -0.39 is 0 Å². The molecule has 102 valence electrons. The Balaban J connectivity index is 2.93. The summed E-state index contributed by atoms with van der Waals surface area (Å²) in [7, 11) is 3.13. The molecule has 0 unspecified atom stereocenters. The number of aryl methyl sites for hydroxylation is 1. The van der Waals surface area contributed by atoms with Crippen molar-refractivity contribution in [3.63, 3.8) is 0 Å². The van der Waals surface area contributed by atoms with Gasteiger partial charge in [0, 0.05) is 11.8 Å². The minimum absolute atomic E-state index is 0.453. The van der Waals surface area contributed by atoms with E-state index in [2.05, 4.69) is 10.4 Å². The van der Waals surface area contributed by atoms with Gasteiger partial charge >= 0.3 is 0 Å².